The maximum absolute atomic E-state index is 11.8. The molecule has 7 nitrogen and oxygen atoms in total. The molecule has 1 N–H and O–H groups in total. The third kappa shape index (κ3) is 4.68. The molecule has 0 spiro atoms. The molecule has 1 amide bonds. The highest BCUT2D eigenvalue weighted by molar-refractivity contribution is 6.42. The molecule has 0 saturated carbocycles. The number of amides is 1. The Bertz CT molecular complexity index is 793. The molecular formula is C15H10Cl2N2O5. The summed E-state index contributed by atoms with van der Waals surface area (Å²) < 4.78 is 4.84. The molecule has 0 saturated heterocycles. The molecule has 0 fully saturated rings. The van der Waals surface area contributed by atoms with Crippen LogP contribution in [0.2, 0.25) is 10.0 Å². The van der Waals surface area contributed by atoms with Gasteiger partial charge in [-0.05, 0) is 30.3 Å². The van der Waals surface area contributed by atoms with Crippen LogP contribution >= 0.6 is 23.2 Å². The van der Waals surface area contributed by atoms with Gasteiger partial charge in [-0.3, -0.25) is 14.9 Å². The van der Waals surface area contributed by atoms with Gasteiger partial charge < -0.3 is 10.1 Å². The number of nitro benzene ring substituents is 1. The van der Waals surface area contributed by atoms with Crippen LogP contribution in [0, 0.1) is 10.1 Å². The Morgan fingerprint density at radius 2 is 1.75 bits per heavy atom. The molecule has 0 aliphatic rings. The first kappa shape index (κ1) is 17.7. The first-order valence-corrected chi connectivity index (χ1v) is 7.29. The number of ether oxygens (including phenoxy) is 1. The summed E-state index contributed by atoms with van der Waals surface area (Å²) in [5, 5.41) is 13.6. The number of nitro groups is 1. The van der Waals surface area contributed by atoms with Crippen molar-refractivity contribution < 1.29 is 19.2 Å². The molecule has 0 radical (unpaired) electrons. The van der Waals surface area contributed by atoms with Crippen molar-refractivity contribution in [3.63, 3.8) is 0 Å². The predicted molar refractivity (Wildman–Crippen MR) is 88.5 cm³/mol. The van der Waals surface area contributed by atoms with Crippen LogP contribution in [0.4, 0.5) is 11.4 Å². The van der Waals surface area contributed by atoms with E-state index in [1.54, 1.807) is 6.07 Å². The number of nitrogens with zero attached hydrogens (tertiary/aromatic N) is 1. The van der Waals surface area contributed by atoms with E-state index in [1.807, 2.05) is 0 Å². The lowest BCUT2D eigenvalue weighted by Crippen LogP contribution is -2.20. The molecule has 0 heterocycles. The molecular weight excluding hydrogens is 359 g/mol. The van der Waals surface area contributed by atoms with Gasteiger partial charge in [-0.25, -0.2) is 4.79 Å². The number of anilines is 1. The Balaban J connectivity index is 1.89. The van der Waals surface area contributed by atoms with E-state index in [0.717, 1.165) is 0 Å². The van der Waals surface area contributed by atoms with Crippen molar-refractivity contribution in [1.82, 2.24) is 0 Å². The van der Waals surface area contributed by atoms with Gasteiger partial charge in [0.25, 0.3) is 11.6 Å². The first-order valence-electron chi connectivity index (χ1n) is 6.53. The lowest BCUT2D eigenvalue weighted by atomic mass is 10.2. The normalized spacial score (nSPS) is 10.1. The van der Waals surface area contributed by atoms with Gasteiger partial charge in [-0.1, -0.05) is 23.2 Å². The quantitative estimate of drug-likeness (QED) is 0.492. The fourth-order valence-corrected chi connectivity index (χ4v) is 2.00. The molecule has 2 aromatic carbocycles. The summed E-state index contributed by atoms with van der Waals surface area (Å²) in [7, 11) is 0. The van der Waals surface area contributed by atoms with Gasteiger partial charge in [-0.2, -0.15) is 0 Å². The molecule has 0 aromatic heterocycles. The molecule has 124 valence electrons. The van der Waals surface area contributed by atoms with Crippen LogP contribution in [0.5, 0.6) is 0 Å². The van der Waals surface area contributed by atoms with Crippen molar-refractivity contribution in [1.29, 1.82) is 0 Å². The summed E-state index contributed by atoms with van der Waals surface area (Å²) in [6, 6.07) is 9.36. The highest BCUT2D eigenvalue weighted by Crippen LogP contribution is 2.24. The maximum atomic E-state index is 11.8. The third-order valence-electron chi connectivity index (χ3n) is 2.85. The number of benzene rings is 2. The minimum Gasteiger partial charge on any atom is -0.452 e. The average Bonchev–Trinajstić information content (AvgIpc) is 2.56. The van der Waals surface area contributed by atoms with Crippen LogP contribution < -0.4 is 5.32 Å². The van der Waals surface area contributed by atoms with Crippen molar-refractivity contribution in [2.75, 3.05) is 11.9 Å². The summed E-state index contributed by atoms with van der Waals surface area (Å²) in [5.41, 5.74) is 0.354. The molecule has 0 bridgehead atoms. The molecule has 9 heteroatoms. The van der Waals surface area contributed by atoms with E-state index < -0.39 is 23.4 Å². The summed E-state index contributed by atoms with van der Waals surface area (Å²) in [6.07, 6.45) is 0. The number of non-ortho nitro benzene ring substituents is 1. The summed E-state index contributed by atoms with van der Waals surface area (Å²) >= 11 is 11.6. The molecule has 2 aromatic rings. The number of rotatable bonds is 5. The van der Waals surface area contributed by atoms with Crippen LogP contribution in [-0.2, 0) is 9.53 Å². The zero-order chi connectivity index (χ0) is 17.7. The lowest BCUT2D eigenvalue weighted by molar-refractivity contribution is -0.384. The van der Waals surface area contributed by atoms with Crippen molar-refractivity contribution in [3.05, 3.63) is 68.2 Å². The van der Waals surface area contributed by atoms with Crippen LogP contribution in [-0.4, -0.2) is 23.4 Å². The fraction of sp³-hybridized carbons (Fsp3) is 0.0667. The Morgan fingerprint density at radius 3 is 2.33 bits per heavy atom. The highest BCUT2D eigenvalue weighted by atomic mass is 35.5. The van der Waals surface area contributed by atoms with Crippen LogP contribution in [0.25, 0.3) is 0 Å². The number of halogens is 2. The molecule has 0 aliphatic heterocycles. The van der Waals surface area contributed by atoms with Gasteiger partial charge in [0.1, 0.15) is 0 Å². The number of carbonyl (C=O) groups is 2. The van der Waals surface area contributed by atoms with Crippen LogP contribution in [0.15, 0.2) is 42.5 Å². The maximum Gasteiger partial charge on any atom is 0.338 e. The number of esters is 1. The summed E-state index contributed by atoms with van der Waals surface area (Å²) in [6.45, 7) is -0.518. The van der Waals surface area contributed by atoms with E-state index in [2.05, 4.69) is 5.32 Å². The van der Waals surface area contributed by atoms with Gasteiger partial charge in [0.15, 0.2) is 6.61 Å². The van der Waals surface area contributed by atoms with Gasteiger partial charge in [0.2, 0.25) is 0 Å². The van der Waals surface area contributed by atoms with E-state index in [-0.39, 0.29) is 16.3 Å². The molecule has 0 atom stereocenters. The Hall–Kier alpha value is -2.64. The molecule has 0 unspecified atom stereocenters. The Morgan fingerprint density at radius 1 is 1.08 bits per heavy atom. The monoisotopic (exact) mass is 368 g/mol. The van der Waals surface area contributed by atoms with E-state index in [4.69, 9.17) is 27.9 Å². The molecule has 24 heavy (non-hydrogen) atoms. The summed E-state index contributed by atoms with van der Waals surface area (Å²) in [5.74, 6) is -1.34. The highest BCUT2D eigenvalue weighted by Gasteiger charge is 2.13. The second-order valence-corrected chi connectivity index (χ2v) is 5.37. The van der Waals surface area contributed by atoms with Crippen LogP contribution in [0.1, 0.15) is 10.4 Å². The molecule has 2 rings (SSSR count). The largest absolute Gasteiger partial charge is 0.452 e. The number of carbonyl (C=O) groups excluding carboxylic acids is 2. The standard InChI is InChI=1S/C15H10Cl2N2O5/c16-12-6-3-10(7-13(12)17)18-14(20)8-24-15(21)9-1-4-11(5-2-9)19(22)23/h1-7H,8H2,(H,18,20). The van der Waals surface area contributed by atoms with Crippen molar-refractivity contribution in [2.45, 2.75) is 0 Å². The minimum atomic E-state index is -0.769. The average molecular weight is 369 g/mol. The zero-order valence-corrected chi connectivity index (χ0v) is 13.5. The van der Waals surface area contributed by atoms with Crippen LogP contribution in [0.3, 0.4) is 0 Å². The van der Waals surface area contributed by atoms with Gasteiger partial charge in [-0.15, -0.1) is 0 Å². The van der Waals surface area contributed by atoms with Gasteiger partial charge >= 0.3 is 5.97 Å². The van der Waals surface area contributed by atoms with E-state index in [1.165, 1.54) is 36.4 Å². The second-order valence-electron chi connectivity index (χ2n) is 4.56. The first-order chi connectivity index (χ1) is 11.4. The molecule has 0 aliphatic carbocycles. The van der Waals surface area contributed by atoms with E-state index >= 15 is 0 Å². The van der Waals surface area contributed by atoms with Crippen molar-refractivity contribution >= 4 is 46.5 Å². The lowest BCUT2D eigenvalue weighted by Gasteiger charge is -2.07. The Labute approximate surface area is 146 Å². The predicted octanol–water partition coefficient (Wildman–Crippen LogP) is 3.70. The van der Waals surface area contributed by atoms with E-state index in [0.29, 0.717) is 10.7 Å². The van der Waals surface area contributed by atoms with Crippen molar-refractivity contribution in [2.24, 2.45) is 0 Å². The number of hydrogen-bond acceptors (Lipinski definition) is 5. The topological polar surface area (TPSA) is 98.5 Å². The van der Waals surface area contributed by atoms with E-state index in [9.17, 15) is 19.7 Å². The zero-order valence-electron chi connectivity index (χ0n) is 12.0. The smallest absolute Gasteiger partial charge is 0.338 e. The van der Waals surface area contributed by atoms with Gasteiger partial charge in [0.05, 0.1) is 20.5 Å². The fourth-order valence-electron chi connectivity index (χ4n) is 1.70. The summed E-state index contributed by atoms with van der Waals surface area (Å²) in [4.78, 5) is 33.5. The second kappa shape index (κ2) is 7.76. The number of nitrogens with one attached hydrogen (secondary N) is 1. The SMILES string of the molecule is O=C(COC(=O)c1ccc([N+](=O)[O-])cc1)Nc1ccc(Cl)c(Cl)c1. The minimum absolute atomic E-state index is 0.0999. The van der Waals surface area contributed by atoms with Gasteiger partial charge in [0, 0.05) is 17.8 Å². The Kier molecular flexibility index (Phi) is 5.73. The third-order valence-corrected chi connectivity index (χ3v) is 3.59. The number of hydrogen-bond donors (Lipinski definition) is 1. The van der Waals surface area contributed by atoms with Crippen molar-refractivity contribution in [3.8, 4) is 0 Å².